The topological polar surface area (TPSA) is 41.1 Å². The van der Waals surface area contributed by atoms with Gasteiger partial charge in [0.1, 0.15) is 0 Å². The molecule has 2 rings (SSSR count). The number of hydrogen-bond donors (Lipinski definition) is 2. The summed E-state index contributed by atoms with van der Waals surface area (Å²) in [5, 5.41) is 8.48. The highest BCUT2D eigenvalue weighted by Gasteiger charge is 2.00. The summed E-state index contributed by atoms with van der Waals surface area (Å²) in [5.74, 6) is 0. The molecule has 2 amide bonds. The Hall–Kier alpha value is -1.81. The van der Waals surface area contributed by atoms with Crippen molar-refractivity contribution in [2.45, 2.75) is 19.3 Å². The van der Waals surface area contributed by atoms with E-state index in [9.17, 15) is 4.79 Å². The predicted molar refractivity (Wildman–Crippen MR) is 80.7 cm³/mol. The van der Waals surface area contributed by atoms with Crippen LogP contribution in [0.25, 0.3) is 0 Å². The molecule has 0 aliphatic heterocycles. The molecule has 3 nitrogen and oxygen atoms in total. The number of carbonyl (C=O) groups is 1. The van der Waals surface area contributed by atoms with Gasteiger partial charge in [-0.2, -0.15) is 0 Å². The lowest BCUT2D eigenvalue weighted by molar-refractivity contribution is 0.252. The Bertz CT molecular complexity index is 482. The molecule has 2 N–H and O–H groups in total. The second kappa shape index (κ2) is 7.59. The van der Waals surface area contributed by atoms with Crippen LogP contribution in [0.1, 0.15) is 18.4 Å². The van der Waals surface area contributed by atoms with Crippen molar-refractivity contribution in [2.24, 2.45) is 0 Å². The fraction of sp³-hybridized carbons (Fsp3) is 0.267. The van der Waals surface area contributed by atoms with E-state index in [-0.39, 0.29) is 6.03 Å². The highest BCUT2D eigenvalue weighted by atomic mass is 32.1. The quantitative estimate of drug-likeness (QED) is 0.771. The number of hydrogen-bond acceptors (Lipinski definition) is 2. The molecule has 0 saturated carbocycles. The zero-order chi connectivity index (χ0) is 13.3. The normalized spacial score (nSPS) is 10.1. The van der Waals surface area contributed by atoms with Crippen molar-refractivity contribution in [1.29, 1.82) is 0 Å². The molecule has 0 unspecified atom stereocenters. The number of benzene rings is 1. The summed E-state index contributed by atoms with van der Waals surface area (Å²) < 4.78 is 0. The van der Waals surface area contributed by atoms with E-state index in [2.05, 4.69) is 34.9 Å². The molecule has 2 aromatic rings. The maximum atomic E-state index is 11.5. The highest BCUT2D eigenvalue weighted by Crippen LogP contribution is 2.14. The second-order valence-electron chi connectivity index (χ2n) is 4.30. The van der Waals surface area contributed by atoms with E-state index in [1.54, 1.807) is 0 Å². The standard InChI is InChI=1S/C15H18N2OS/c18-15(17-14-10-6-12-19-14)16-11-5-4-9-13-7-2-1-3-8-13/h1-3,6-8,10,12H,4-5,9,11H2,(H2,16,17,18). The van der Waals surface area contributed by atoms with Crippen LogP contribution >= 0.6 is 11.3 Å². The summed E-state index contributed by atoms with van der Waals surface area (Å²) in [6.07, 6.45) is 3.14. The van der Waals surface area contributed by atoms with Crippen molar-refractivity contribution in [2.75, 3.05) is 11.9 Å². The zero-order valence-corrected chi connectivity index (χ0v) is 11.6. The van der Waals surface area contributed by atoms with E-state index in [0.29, 0.717) is 6.54 Å². The van der Waals surface area contributed by atoms with Crippen molar-refractivity contribution in [3.8, 4) is 0 Å². The Labute approximate surface area is 117 Å². The van der Waals surface area contributed by atoms with Crippen LogP contribution in [-0.4, -0.2) is 12.6 Å². The van der Waals surface area contributed by atoms with E-state index in [1.165, 1.54) is 16.9 Å². The Kier molecular flexibility index (Phi) is 5.44. The van der Waals surface area contributed by atoms with Gasteiger partial charge in [-0.3, -0.25) is 5.32 Å². The second-order valence-corrected chi connectivity index (χ2v) is 5.25. The fourth-order valence-corrected chi connectivity index (χ4v) is 2.42. The molecule has 0 radical (unpaired) electrons. The number of amides is 2. The number of anilines is 1. The van der Waals surface area contributed by atoms with Crippen molar-refractivity contribution < 1.29 is 4.79 Å². The molecule has 1 aromatic carbocycles. The SMILES string of the molecule is O=C(NCCCCc1ccccc1)Nc1cccs1. The number of urea groups is 1. The number of rotatable bonds is 6. The molecule has 0 fully saturated rings. The lowest BCUT2D eigenvalue weighted by Crippen LogP contribution is -2.29. The molecule has 1 heterocycles. The van der Waals surface area contributed by atoms with Crippen molar-refractivity contribution in [3.63, 3.8) is 0 Å². The Morgan fingerprint density at radius 1 is 1.05 bits per heavy atom. The third kappa shape index (κ3) is 5.14. The predicted octanol–water partition coefficient (Wildman–Crippen LogP) is 3.89. The largest absolute Gasteiger partial charge is 0.338 e. The molecular weight excluding hydrogens is 256 g/mol. The van der Waals surface area contributed by atoms with Gasteiger partial charge in [0, 0.05) is 6.54 Å². The fourth-order valence-electron chi connectivity index (χ4n) is 1.81. The minimum absolute atomic E-state index is 0.123. The van der Waals surface area contributed by atoms with Gasteiger partial charge < -0.3 is 5.32 Å². The van der Waals surface area contributed by atoms with Crippen LogP contribution in [0, 0.1) is 0 Å². The van der Waals surface area contributed by atoms with Gasteiger partial charge in [-0.25, -0.2) is 4.79 Å². The summed E-state index contributed by atoms with van der Waals surface area (Å²) in [4.78, 5) is 11.5. The monoisotopic (exact) mass is 274 g/mol. The minimum atomic E-state index is -0.123. The Balaban J connectivity index is 1.56. The van der Waals surface area contributed by atoms with Crippen LogP contribution in [0.3, 0.4) is 0 Å². The minimum Gasteiger partial charge on any atom is -0.338 e. The zero-order valence-electron chi connectivity index (χ0n) is 10.8. The van der Waals surface area contributed by atoms with E-state index < -0.39 is 0 Å². The van der Waals surface area contributed by atoms with Gasteiger partial charge in [-0.15, -0.1) is 11.3 Å². The molecule has 4 heteroatoms. The van der Waals surface area contributed by atoms with Crippen LogP contribution < -0.4 is 10.6 Å². The number of thiophene rings is 1. The van der Waals surface area contributed by atoms with E-state index in [4.69, 9.17) is 0 Å². The lowest BCUT2D eigenvalue weighted by atomic mass is 10.1. The first kappa shape index (κ1) is 13.6. The van der Waals surface area contributed by atoms with Crippen LogP contribution in [0.5, 0.6) is 0 Å². The average molecular weight is 274 g/mol. The van der Waals surface area contributed by atoms with Crippen LogP contribution in [-0.2, 0) is 6.42 Å². The molecule has 19 heavy (non-hydrogen) atoms. The Morgan fingerprint density at radius 3 is 2.63 bits per heavy atom. The van der Waals surface area contributed by atoms with Gasteiger partial charge >= 0.3 is 6.03 Å². The van der Waals surface area contributed by atoms with Crippen molar-refractivity contribution >= 4 is 22.4 Å². The van der Waals surface area contributed by atoms with Gasteiger partial charge in [0.15, 0.2) is 0 Å². The maximum absolute atomic E-state index is 11.5. The molecule has 0 atom stereocenters. The number of unbranched alkanes of at least 4 members (excludes halogenated alkanes) is 1. The van der Waals surface area contributed by atoms with Gasteiger partial charge in [-0.1, -0.05) is 30.3 Å². The molecule has 0 aliphatic rings. The summed E-state index contributed by atoms with van der Waals surface area (Å²) in [6, 6.07) is 14.1. The van der Waals surface area contributed by atoms with Crippen LogP contribution in [0.4, 0.5) is 9.80 Å². The van der Waals surface area contributed by atoms with Gasteiger partial charge in [0.2, 0.25) is 0 Å². The lowest BCUT2D eigenvalue weighted by Gasteiger charge is -2.06. The molecule has 100 valence electrons. The smallest absolute Gasteiger partial charge is 0.319 e. The molecule has 0 bridgehead atoms. The van der Waals surface area contributed by atoms with Crippen LogP contribution in [0.2, 0.25) is 0 Å². The molecular formula is C15H18N2OS. The van der Waals surface area contributed by atoms with E-state index >= 15 is 0 Å². The third-order valence-electron chi connectivity index (χ3n) is 2.78. The molecule has 1 aromatic heterocycles. The first-order chi connectivity index (χ1) is 9.34. The Morgan fingerprint density at radius 2 is 1.89 bits per heavy atom. The molecule has 0 spiro atoms. The van der Waals surface area contributed by atoms with Gasteiger partial charge in [-0.05, 0) is 42.3 Å². The van der Waals surface area contributed by atoms with Crippen LogP contribution in [0.15, 0.2) is 47.8 Å². The van der Waals surface area contributed by atoms with Crippen molar-refractivity contribution in [1.82, 2.24) is 5.32 Å². The summed E-state index contributed by atoms with van der Waals surface area (Å²) in [6.45, 7) is 0.712. The summed E-state index contributed by atoms with van der Waals surface area (Å²) in [7, 11) is 0. The van der Waals surface area contributed by atoms with Crippen molar-refractivity contribution in [3.05, 3.63) is 53.4 Å². The van der Waals surface area contributed by atoms with Gasteiger partial charge in [0.05, 0.1) is 5.00 Å². The summed E-state index contributed by atoms with van der Waals surface area (Å²) >= 11 is 1.52. The highest BCUT2D eigenvalue weighted by molar-refractivity contribution is 7.14. The number of carbonyl (C=O) groups excluding carboxylic acids is 1. The number of nitrogens with one attached hydrogen (secondary N) is 2. The average Bonchev–Trinajstić information content (AvgIpc) is 2.92. The van der Waals surface area contributed by atoms with E-state index in [1.807, 2.05) is 23.6 Å². The van der Waals surface area contributed by atoms with E-state index in [0.717, 1.165) is 24.3 Å². The molecule has 0 aliphatic carbocycles. The maximum Gasteiger partial charge on any atom is 0.319 e. The first-order valence-corrected chi connectivity index (χ1v) is 7.35. The number of aryl methyl sites for hydroxylation is 1. The molecule has 0 saturated heterocycles. The third-order valence-corrected chi connectivity index (χ3v) is 3.56. The van der Waals surface area contributed by atoms with Gasteiger partial charge in [0.25, 0.3) is 0 Å². The first-order valence-electron chi connectivity index (χ1n) is 6.47. The summed E-state index contributed by atoms with van der Waals surface area (Å²) in [5.41, 5.74) is 1.35.